The van der Waals surface area contributed by atoms with Crippen LogP contribution in [-0.2, 0) is 11.2 Å². The lowest BCUT2D eigenvalue weighted by Crippen LogP contribution is -2.39. The van der Waals surface area contributed by atoms with Crippen molar-refractivity contribution < 1.29 is 9.72 Å². The number of anilines is 1. The van der Waals surface area contributed by atoms with E-state index in [1.54, 1.807) is 11.3 Å². The third-order valence-electron chi connectivity index (χ3n) is 4.18. The lowest BCUT2D eigenvalue weighted by molar-refractivity contribution is -0.383. The summed E-state index contributed by atoms with van der Waals surface area (Å²) in [6.07, 6.45) is 0.922. The van der Waals surface area contributed by atoms with Crippen LogP contribution in [0.4, 0.5) is 11.4 Å². The van der Waals surface area contributed by atoms with Gasteiger partial charge in [-0.15, -0.1) is 11.3 Å². The first-order chi connectivity index (χ1) is 11.5. The number of nitro benzene ring substituents is 1. The molecule has 0 saturated carbocycles. The van der Waals surface area contributed by atoms with Gasteiger partial charge in [-0.25, -0.2) is 0 Å². The standard InChI is InChI=1S/C16H16ClN3O3S/c1-10-12-5-7-24-15(12)4-6-19(10)9-16(21)18-13-3-2-11(17)8-14(13)20(22)23/h2-3,5,7-8,10H,4,6,9H2,1H3,(H,18,21)/t10-/m1/s1. The molecule has 0 radical (unpaired) electrons. The molecule has 0 aliphatic carbocycles. The van der Waals surface area contributed by atoms with Crippen LogP contribution in [0.1, 0.15) is 23.4 Å². The molecule has 1 amide bonds. The van der Waals surface area contributed by atoms with Crippen LogP contribution in [0.2, 0.25) is 5.02 Å². The summed E-state index contributed by atoms with van der Waals surface area (Å²) in [7, 11) is 0. The second-order valence-corrected chi connectivity index (χ2v) is 7.10. The molecule has 1 aromatic heterocycles. The minimum absolute atomic E-state index is 0.158. The fourth-order valence-corrected chi connectivity index (χ4v) is 4.04. The van der Waals surface area contributed by atoms with E-state index in [0.717, 1.165) is 13.0 Å². The molecule has 1 aromatic carbocycles. The maximum Gasteiger partial charge on any atom is 0.294 e. The van der Waals surface area contributed by atoms with Crippen LogP contribution in [0.15, 0.2) is 29.6 Å². The molecule has 1 atom stereocenters. The highest BCUT2D eigenvalue weighted by Gasteiger charge is 2.26. The molecule has 6 nitrogen and oxygen atoms in total. The highest BCUT2D eigenvalue weighted by atomic mass is 35.5. The Bertz CT molecular complexity index is 793. The zero-order chi connectivity index (χ0) is 17.3. The molecule has 126 valence electrons. The van der Waals surface area contributed by atoms with E-state index in [-0.39, 0.29) is 34.9 Å². The zero-order valence-corrected chi connectivity index (χ0v) is 14.6. The zero-order valence-electron chi connectivity index (χ0n) is 13.0. The lowest BCUT2D eigenvalue weighted by Gasteiger charge is -2.32. The van der Waals surface area contributed by atoms with Crippen LogP contribution in [0.3, 0.4) is 0 Å². The summed E-state index contributed by atoms with van der Waals surface area (Å²) in [5.74, 6) is -0.272. The van der Waals surface area contributed by atoms with E-state index in [2.05, 4.69) is 28.6 Å². The predicted octanol–water partition coefficient (Wildman–Crippen LogP) is 3.87. The number of amides is 1. The molecule has 1 N–H and O–H groups in total. The van der Waals surface area contributed by atoms with Gasteiger partial charge in [-0.1, -0.05) is 11.6 Å². The van der Waals surface area contributed by atoms with Crippen LogP contribution in [-0.4, -0.2) is 28.8 Å². The maximum absolute atomic E-state index is 12.3. The molecular weight excluding hydrogens is 350 g/mol. The minimum Gasteiger partial charge on any atom is -0.319 e. The number of hydrogen-bond donors (Lipinski definition) is 1. The first-order valence-corrected chi connectivity index (χ1v) is 8.75. The Morgan fingerprint density at radius 1 is 1.50 bits per heavy atom. The van der Waals surface area contributed by atoms with Gasteiger partial charge in [0.25, 0.3) is 5.69 Å². The van der Waals surface area contributed by atoms with Gasteiger partial charge in [0.2, 0.25) is 5.91 Å². The van der Waals surface area contributed by atoms with Crippen molar-refractivity contribution in [2.45, 2.75) is 19.4 Å². The monoisotopic (exact) mass is 365 g/mol. The minimum atomic E-state index is -0.553. The third-order valence-corrected chi connectivity index (χ3v) is 5.41. The van der Waals surface area contributed by atoms with E-state index in [1.807, 2.05) is 0 Å². The molecule has 0 fully saturated rings. The first kappa shape index (κ1) is 16.9. The van der Waals surface area contributed by atoms with E-state index >= 15 is 0 Å². The van der Waals surface area contributed by atoms with Crippen molar-refractivity contribution in [3.63, 3.8) is 0 Å². The largest absolute Gasteiger partial charge is 0.319 e. The number of benzene rings is 1. The summed E-state index contributed by atoms with van der Waals surface area (Å²) in [5, 5.41) is 16.0. The molecule has 0 saturated heterocycles. The maximum atomic E-state index is 12.3. The molecule has 2 heterocycles. The van der Waals surface area contributed by atoms with Crippen molar-refractivity contribution in [2.75, 3.05) is 18.4 Å². The second kappa shape index (κ2) is 6.88. The second-order valence-electron chi connectivity index (χ2n) is 5.66. The quantitative estimate of drug-likeness (QED) is 0.659. The van der Waals surface area contributed by atoms with Crippen LogP contribution < -0.4 is 5.32 Å². The highest BCUT2D eigenvalue weighted by molar-refractivity contribution is 7.10. The van der Waals surface area contributed by atoms with E-state index in [9.17, 15) is 14.9 Å². The van der Waals surface area contributed by atoms with Gasteiger partial charge in [-0.05, 0) is 42.5 Å². The van der Waals surface area contributed by atoms with E-state index < -0.39 is 4.92 Å². The number of halogens is 1. The molecule has 2 aromatic rings. The van der Waals surface area contributed by atoms with Gasteiger partial charge in [-0.2, -0.15) is 0 Å². The van der Waals surface area contributed by atoms with Crippen molar-refractivity contribution in [3.05, 3.63) is 55.2 Å². The fraction of sp³-hybridized carbons (Fsp3) is 0.312. The molecule has 24 heavy (non-hydrogen) atoms. The molecular formula is C16H16ClN3O3S. The summed E-state index contributed by atoms with van der Waals surface area (Å²) in [4.78, 5) is 26.3. The smallest absolute Gasteiger partial charge is 0.294 e. The van der Waals surface area contributed by atoms with Gasteiger partial charge in [0.15, 0.2) is 0 Å². The Kier molecular flexibility index (Phi) is 4.84. The molecule has 8 heteroatoms. The number of thiophene rings is 1. The summed E-state index contributed by atoms with van der Waals surface area (Å²) in [6, 6.07) is 6.46. The lowest BCUT2D eigenvalue weighted by atomic mass is 10.0. The molecule has 0 bridgehead atoms. The summed E-state index contributed by atoms with van der Waals surface area (Å²) < 4.78 is 0. The molecule has 0 spiro atoms. The van der Waals surface area contributed by atoms with Gasteiger partial charge in [-0.3, -0.25) is 19.8 Å². The van der Waals surface area contributed by atoms with Crippen molar-refractivity contribution >= 4 is 40.2 Å². The van der Waals surface area contributed by atoms with Crippen molar-refractivity contribution in [3.8, 4) is 0 Å². The van der Waals surface area contributed by atoms with Crippen LogP contribution in [0.25, 0.3) is 0 Å². The Balaban J connectivity index is 1.70. The average Bonchev–Trinajstić information content (AvgIpc) is 3.01. The summed E-state index contributed by atoms with van der Waals surface area (Å²) in [6.45, 7) is 3.06. The predicted molar refractivity (Wildman–Crippen MR) is 94.7 cm³/mol. The van der Waals surface area contributed by atoms with Gasteiger partial charge in [0.1, 0.15) is 5.69 Å². The number of nitro groups is 1. The number of nitrogens with one attached hydrogen (secondary N) is 1. The van der Waals surface area contributed by atoms with E-state index in [1.165, 1.54) is 28.6 Å². The summed E-state index contributed by atoms with van der Waals surface area (Å²) >= 11 is 7.53. The number of carbonyl (C=O) groups is 1. The number of carbonyl (C=O) groups excluding carboxylic acids is 1. The molecule has 1 aliphatic heterocycles. The van der Waals surface area contributed by atoms with Crippen LogP contribution >= 0.6 is 22.9 Å². The number of rotatable bonds is 4. The Labute approximate surface area is 148 Å². The van der Waals surface area contributed by atoms with E-state index in [4.69, 9.17) is 11.6 Å². The number of fused-ring (bicyclic) bond motifs is 1. The van der Waals surface area contributed by atoms with Crippen molar-refractivity contribution in [1.29, 1.82) is 0 Å². The number of hydrogen-bond acceptors (Lipinski definition) is 5. The third kappa shape index (κ3) is 3.43. The Morgan fingerprint density at radius 3 is 3.04 bits per heavy atom. The van der Waals surface area contributed by atoms with Gasteiger partial charge in [0, 0.05) is 28.6 Å². The highest BCUT2D eigenvalue weighted by Crippen LogP contribution is 2.33. The summed E-state index contributed by atoms with van der Waals surface area (Å²) in [5.41, 5.74) is 1.22. The Hall–Kier alpha value is -1.96. The first-order valence-electron chi connectivity index (χ1n) is 7.50. The fourth-order valence-electron chi connectivity index (χ4n) is 2.91. The topological polar surface area (TPSA) is 75.5 Å². The van der Waals surface area contributed by atoms with Gasteiger partial charge >= 0.3 is 0 Å². The molecule has 1 aliphatic rings. The van der Waals surface area contributed by atoms with Gasteiger partial charge in [0.05, 0.1) is 11.5 Å². The van der Waals surface area contributed by atoms with Crippen LogP contribution in [0.5, 0.6) is 0 Å². The SMILES string of the molecule is C[C@@H]1c2ccsc2CCN1CC(=O)Nc1ccc(Cl)cc1[N+](=O)[O-]. The van der Waals surface area contributed by atoms with Crippen LogP contribution in [0, 0.1) is 10.1 Å². The normalized spacial score (nSPS) is 17.3. The average molecular weight is 366 g/mol. The van der Waals surface area contributed by atoms with Gasteiger partial charge < -0.3 is 5.32 Å². The Morgan fingerprint density at radius 2 is 2.29 bits per heavy atom. The van der Waals surface area contributed by atoms with E-state index in [0.29, 0.717) is 0 Å². The molecule has 3 rings (SSSR count). The number of nitrogens with zero attached hydrogens (tertiary/aromatic N) is 2. The van der Waals surface area contributed by atoms with Crippen molar-refractivity contribution in [1.82, 2.24) is 4.90 Å². The molecule has 0 unspecified atom stereocenters. The van der Waals surface area contributed by atoms with Crippen molar-refractivity contribution in [2.24, 2.45) is 0 Å².